The smallest absolute Gasteiger partial charge is 0.289 e. The average molecular weight is 412 g/mol. The Hall–Kier alpha value is -1.79. The minimum Gasteiger partial charge on any atom is -0.459 e. The van der Waals surface area contributed by atoms with Crippen LogP contribution in [0.15, 0.2) is 45.5 Å². The molecular formula is C17H16BrClN2O3. The molecule has 1 aromatic carbocycles. The second-order valence-electron chi connectivity index (χ2n) is 5.66. The lowest BCUT2D eigenvalue weighted by atomic mass is 9.95. The van der Waals surface area contributed by atoms with Gasteiger partial charge in [0.1, 0.15) is 0 Å². The second kappa shape index (κ2) is 7.40. The third kappa shape index (κ3) is 3.82. The number of furan rings is 1. The molecule has 24 heavy (non-hydrogen) atoms. The molecule has 3 rings (SSSR count). The highest BCUT2D eigenvalue weighted by Gasteiger charge is 2.29. The van der Waals surface area contributed by atoms with Crippen molar-refractivity contribution in [1.29, 1.82) is 0 Å². The Morgan fingerprint density at radius 2 is 2.00 bits per heavy atom. The first-order chi connectivity index (χ1) is 11.5. The lowest BCUT2D eigenvalue weighted by molar-refractivity contribution is -0.121. The fraction of sp³-hybridized carbons (Fsp3) is 0.294. The topological polar surface area (TPSA) is 62.6 Å². The Balaban J connectivity index is 1.56. The van der Waals surface area contributed by atoms with Crippen LogP contribution >= 0.6 is 27.5 Å². The molecule has 126 valence electrons. The molecule has 1 N–H and O–H groups in total. The molecule has 0 bridgehead atoms. The highest BCUT2D eigenvalue weighted by molar-refractivity contribution is 9.10. The maximum absolute atomic E-state index is 12.4. The lowest BCUT2D eigenvalue weighted by Gasteiger charge is -2.30. The van der Waals surface area contributed by atoms with Gasteiger partial charge < -0.3 is 14.6 Å². The van der Waals surface area contributed by atoms with E-state index >= 15 is 0 Å². The van der Waals surface area contributed by atoms with Crippen molar-refractivity contribution in [2.45, 2.75) is 12.8 Å². The van der Waals surface area contributed by atoms with Crippen LogP contribution in [0, 0.1) is 5.92 Å². The molecule has 2 aromatic rings. The molecule has 0 spiro atoms. The number of carbonyl (C=O) groups excluding carboxylic acids is 2. The summed E-state index contributed by atoms with van der Waals surface area (Å²) in [4.78, 5) is 26.3. The Labute approximate surface area is 153 Å². The number of hydrogen-bond acceptors (Lipinski definition) is 3. The summed E-state index contributed by atoms with van der Waals surface area (Å²) in [5.41, 5.74) is 0.596. The molecule has 1 aliphatic heterocycles. The van der Waals surface area contributed by atoms with Gasteiger partial charge in [0.05, 0.1) is 17.0 Å². The summed E-state index contributed by atoms with van der Waals surface area (Å²) >= 11 is 9.46. The van der Waals surface area contributed by atoms with Crippen LogP contribution in [0.2, 0.25) is 5.02 Å². The molecule has 2 amide bonds. The van der Waals surface area contributed by atoms with E-state index in [0.717, 1.165) is 4.47 Å². The number of piperidine rings is 1. The van der Waals surface area contributed by atoms with E-state index < -0.39 is 0 Å². The molecule has 0 atom stereocenters. The minimum absolute atomic E-state index is 0.0654. The van der Waals surface area contributed by atoms with Gasteiger partial charge in [0, 0.05) is 23.5 Å². The average Bonchev–Trinajstić information content (AvgIpc) is 3.11. The van der Waals surface area contributed by atoms with Gasteiger partial charge in [-0.3, -0.25) is 9.59 Å². The largest absolute Gasteiger partial charge is 0.459 e. The highest BCUT2D eigenvalue weighted by atomic mass is 79.9. The molecule has 2 heterocycles. The van der Waals surface area contributed by atoms with Crippen LogP contribution in [-0.4, -0.2) is 29.8 Å². The Kier molecular flexibility index (Phi) is 5.26. The number of anilines is 1. The zero-order valence-electron chi connectivity index (χ0n) is 12.8. The fourth-order valence-electron chi connectivity index (χ4n) is 2.73. The van der Waals surface area contributed by atoms with Gasteiger partial charge in [-0.05, 0) is 43.2 Å². The van der Waals surface area contributed by atoms with Crippen LogP contribution in [0.5, 0.6) is 0 Å². The Bertz CT molecular complexity index is 740. The first-order valence-electron chi connectivity index (χ1n) is 7.63. The molecule has 0 unspecified atom stereocenters. The molecule has 7 heteroatoms. The van der Waals surface area contributed by atoms with Gasteiger partial charge in [-0.1, -0.05) is 27.5 Å². The zero-order valence-corrected chi connectivity index (χ0v) is 15.1. The van der Waals surface area contributed by atoms with Gasteiger partial charge in [0.25, 0.3) is 5.91 Å². The summed E-state index contributed by atoms with van der Waals surface area (Å²) in [5, 5.41) is 3.35. The highest BCUT2D eigenvalue weighted by Crippen LogP contribution is 2.27. The predicted molar refractivity (Wildman–Crippen MR) is 95.1 cm³/mol. The van der Waals surface area contributed by atoms with E-state index in [1.54, 1.807) is 29.2 Å². The first kappa shape index (κ1) is 17.0. The van der Waals surface area contributed by atoms with Gasteiger partial charge in [-0.2, -0.15) is 0 Å². The van der Waals surface area contributed by atoms with Crippen molar-refractivity contribution in [2.24, 2.45) is 5.92 Å². The van der Waals surface area contributed by atoms with E-state index in [-0.39, 0.29) is 17.7 Å². The third-order valence-corrected chi connectivity index (χ3v) is 4.88. The van der Waals surface area contributed by atoms with E-state index in [9.17, 15) is 9.59 Å². The summed E-state index contributed by atoms with van der Waals surface area (Å²) in [6.45, 7) is 1.07. The molecule has 1 aromatic heterocycles. The van der Waals surface area contributed by atoms with Crippen LogP contribution in [0.1, 0.15) is 23.4 Å². The van der Waals surface area contributed by atoms with Crippen LogP contribution in [0.4, 0.5) is 5.69 Å². The quantitative estimate of drug-likeness (QED) is 0.824. The van der Waals surface area contributed by atoms with Crippen molar-refractivity contribution in [3.8, 4) is 0 Å². The number of carbonyl (C=O) groups is 2. The molecule has 0 radical (unpaired) electrons. The summed E-state index contributed by atoms with van der Waals surface area (Å²) in [6, 6.07) is 8.67. The number of nitrogens with one attached hydrogen (secondary N) is 1. The van der Waals surface area contributed by atoms with E-state index in [2.05, 4.69) is 21.2 Å². The molecule has 0 saturated carbocycles. The van der Waals surface area contributed by atoms with E-state index in [1.807, 2.05) is 6.07 Å². The SMILES string of the molecule is O=C(Nc1ccc(Br)cc1Cl)C1CCN(C(=O)c2ccco2)CC1. The van der Waals surface area contributed by atoms with Gasteiger partial charge in [-0.15, -0.1) is 0 Å². The van der Waals surface area contributed by atoms with Crippen LogP contribution in [-0.2, 0) is 4.79 Å². The maximum Gasteiger partial charge on any atom is 0.289 e. The van der Waals surface area contributed by atoms with E-state index in [1.165, 1.54) is 6.26 Å². The number of amides is 2. The van der Waals surface area contributed by atoms with Crippen molar-refractivity contribution in [1.82, 2.24) is 4.90 Å². The van der Waals surface area contributed by atoms with Crippen molar-refractivity contribution in [3.63, 3.8) is 0 Å². The number of benzene rings is 1. The predicted octanol–water partition coefficient (Wildman–Crippen LogP) is 4.19. The monoisotopic (exact) mass is 410 g/mol. The molecular weight excluding hydrogens is 396 g/mol. The van der Waals surface area contributed by atoms with Crippen molar-refractivity contribution in [2.75, 3.05) is 18.4 Å². The van der Waals surface area contributed by atoms with Crippen molar-refractivity contribution < 1.29 is 14.0 Å². The van der Waals surface area contributed by atoms with E-state index in [4.69, 9.17) is 16.0 Å². The van der Waals surface area contributed by atoms with Crippen LogP contribution < -0.4 is 5.32 Å². The molecule has 1 fully saturated rings. The lowest BCUT2D eigenvalue weighted by Crippen LogP contribution is -2.41. The minimum atomic E-state index is -0.134. The molecule has 1 aliphatic rings. The molecule has 5 nitrogen and oxygen atoms in total. The summed E-state index contributed by atoms with van der Waals surface area (Å²) in [5.74, 6) is 0.00374. The number of nitrogens with zero attached hydrogens (tertiary/aromatic N) is 1. The number of halogens is 2. The van der Waals surface area contributed by atoms with Gasteiger partial charge >= 0.3 is 0 Å². The number of likely N-dealkylation sites (tertiary alicyclic amines) is 1. The summed E-state index contributed by atoms with van der Waals surface area (Å²) in [7, 11) is 0. The van der Waals surface area contributed by atoms with E-state index in [0.29, 0.717) is 42.4 Å². The van der Waals surface area contributed by atoms with Crippen LogP contribution in [0.25, 0.3) is 0 Å². The third-order valence-electron chi connectivity index (χ3n) is 4.07. The Morgan fingerprint density at radius 1 is 1.25 bits per heavy atom. The molecule has 0 aliphatic carbocycles. The zero-order chi connectivity index (χ0) is 17.1. The number of hydrogen-bond donors (Lipinski definition) is 1. The Morgan fingerprint density at radius 3 is 2.62 bits per heavy atom. The van der Waals surface area contributed by atoms with Crippen molar-refractivity contribution in [3.05, 3.63) is 51.9 Å². The number of rotatable bonds is 3. The second-order valence-corrected chi connectivity index (χ2v) is 6.98. The van der Waals surface area contributed by atoms with Gasteiger partial charge in [-0.25, -0.2) is 0 Å². The first-order valence-corrected chi connectivity index (χ1v) is 8.80. The summed E-state index contributed by atoms with van der Waals surface area (Å²) in [6.07, 6.45) is 2.72. The normalized spacial score (nSPS) is 15.3. The molecule has 1 saturated heterocycles. The van der Waals surface area contributed by atoms with Gasteiger partial charge in [0.15, 0.2) is 5.76 Å². The summed E-state index contributed by atoms with van der Waals surface area (Å²) < 4.78 is 5.99. The standard InChI is InChI=1S/C17H16BrClN2O3/c18-12-3-4-14(13(19)10-12)20-16(22)11-5-7-21(8-6-11)17(23)15-2-1-9-24-15/h1-4,9-11H,5-8H2,(H,20,22). The maximum atomic E-state index is 12.4. The van der Waals surface area contributed by atoms with Gasteiger partial charge in [0.2, 0.25) is 5.91 Å². The fourth-order valence-corrected chi connectivity index (χ4v) is 3.45. The van der Waals surface area contributed by atoms with Crippen molar-refractivity contribution >= 4 is 45.0 Å². The van der Waals surface area contributed by atoms with Crippen LogP contribution in [0.3, 0.4) is 0 Å².